The molecule has 0 aliphatic carbocycles. The minimum absolute atomic E-state index is 0.0736. The fourth-order valence-electron chi connectivity index (χ4n) is 2.44. The van der Waals surface area contributed by atoms with Gasteiger partial charge in [0, 0.05) is 5.25 Å². The van der Waals surface area contributed by atoms with Crippen LogP contribution in [0.25, 0.3) is 0 Å². The molecule has 3 rings (SSSR count). The maximum atomic E-state index is 11.7. The molecule has 1 aromatic rings. The molecule has 2 fully saturated rings. The van der Waals surface area contributed by atoms with Crippen molar-refractivity contribution in [2.75, 3.05) is 18.6 Å². The molecule has 6 nitrogen and oxygen atoms in total. The summed E-state index contributed by atoms with van der Waals surface area (Å²) in [6.07, 6.45) is 1.64. The second-order valence-corrected chi connectivity index (χ2v) is 8.35. The molecule has 21 heavy (non-hydrogen) atoms. The molecule has 8 heteroatoms. The molecule has 0 radical (unpaired) electrons. The molecule has 0 saturated carbocycles. The Morgan fingerprint density at radius 3 is 2.76 bits per heavy atom. The number of fused-ring (bicyclic) bond motifs is 1. The lowest BCUT2D eigenvalue weighted by molar-refractivity contribution is 0.376. The number of hydrazone groups is 1. The molecule has 2 aliphatic heterocycles. The number of nitrogens with zero attached hydrogens (tertiary/aromatic N) is 2. The first-order valence-electron chi connectivity index (χ1n) is 6.41. The second kappa shape index (κ2) is 5.34. The fourth-order valence-corrected chi connectivity index (χ4v) is 6.16. The molecule has 2 heterocycles. The summed E-state index contributed by atoms with van der Waals surface area (Å²) in [6, 6.07) is 7.15. The van der Waals surface area contributed by atoms with Crippen molar-refractivity contribution < 1.29 is 13.2 Å². The zero-order valence-electron chi connectivity index (χ0n) is 11.4. The molecule has 0 unspecified atom stereocenters. The first-order valence-corrected chi connectivity index (χ1v) is 9.11. The second-order valence-electron chi connectivity index (χ2n) is 4.97. The highest BCUT2D eigenvalue weighted by molar-refractivity contribution is 8.15. The predicted molar refractivity (Wildman–Crippen MR) is 84.0 cm³/mol. The van der Waals surface area contributed by atoms with E-state index in [0.29, 0.717) is 5.17 Å². The number of nitrogens with one attached hydrogen (secondary N) is 1. The van der Waals surface area contributed by atoms with Crippen LogP contribution in [0.5, 0.6) is 5.75 Å². The number of methoxy groups -OCH3 is 1. The van der Waals surface area contributed by atoms with Gasteiger partial charge in [0.25, 0.3) is 0 Å². The summed E-state index contributed by atoms with van der Waals surface area (Å²) < 4.78 is 28.4. The Bertz CT molecular complexity index is 685. The number of hydrogen-bond acceptors (Lipinski definition) is 6. The van der Waals surface area contributed by atoms with Gasteiger partial charge >= 0.3 is 0 Å². The largest absolute Gasteiger partial charge is 0.497 e. The van der Waals surface area contributed by atoms with Gasteiger partial charge in [-0.05, 0) is 29.8 Å². The topological polar surface area (TPSA) is 82.8 Å². The lowest BCUT2D eigenvalue weighted by Gasteiger charge is -2.17. The van der Waals surface area contributed by atoms with E-state index in [4.69, 9.17) is 10.1 Å². The first-order chi connectivity index (χ1) is 9.98. The van der Waals surface area contributed by atoms with Gasteiger partial charge in [-0.25, -0.2) is 13.4 Å². The smallest absolute Gasteiger partial charge is 0.177 e. The molecular formula is C13H15N3O3S2. The lowest BCUT2D eigenvalue weighted by Crippen LogP contribution is -2.32. The number of thioether (sulfide) groups is 1. The Kier molecular flexibility index (Phi) is 3.66. The summed E-state index contributed by atoms with van der Waals surface area (Å²) in [4.78, 5) is 0. The third-order valence-corrected chi connectivity index (χ3v) is 6.63. The van der Waals surface area contributed by atoms with Crippen LogP contribution in [0.3, 0.4) is 0 Å². The highest BCUT2D eigenvalue weighted by Gasteiger charge is 2.48. The monoisotopic (exact) mass is 325 g/mol. The maximum absolute atomic E-state index is 11.7. The SMILES string of the molecule is COc1ccc(/C=N\N2C(=N)S[C@H]3CS(=O)(=O)C[C@H]32)cc1. The van der Waals surface area contributed by atoms with Gasteiger partial charge < -0.3 is 4.74 Å². The van der Waals surface area contributed by atoms with E-state index in [0.717, 1.165) is 11.3 Å². The Balaban J connectivity index is 1.76. The standard InChI is InChI=1S/C13H15N3O3S2/c1-19-10-4-2-9(3-5-10)6-15-16-11-7-21(17,18)8-12(11)20-13(16)14/h2-6,11-12,14H,7-8H2,1H3/b14-13?,15-6-/t11-,12+/m1/s1. The molecule has 2 atom stereocenters. The maximum Gasteiger partial charge on any atom is 0.177 e. The van der Waals surface area contributed by atoms with E-state index in [-0.39, 0.29) is 22.8 Å². The van der Waals surface area contributed by atoms with Gasteiger partial charge in [0.2, 0.25) is 0 Å². The average Bonchev–Trinajstić information content (AvgIpc) is 2.88. The van der Waals surface area contributed by atoms with Crippen LogP contribution in [0.15, 0.2) is 29.4 Å². The quantitative estimate of drug-likeness (QED) is 0.844. The van der Waals surface area contributed by atoms with E-state index < -0.39 is 9.84 Å². The lowest BCUT2D eigenvalue weighted by atomic mass is 10.2. The Labute approximate surface area is 127 Å². The molecule has 2 aliphatic rings. The van der Waals surface area contributed by atoms with Gasteiger partial charge in [0.1, 0.15) is 5.75 Å². The van der Waals surface area contributed by atoms with Gasteiger partial charge in [0.15, 0.2) is 15.0 Å². The molecule has 1 N–H and O–H groups in total. The first kappa shape index (κ1) is 14.4. The summed E-state index contributed by atoms with van der Waals surface area (Å²) in [6.45, 7) is 0. The van der Waals surface area contributed by atoms with E-state index in [1.165, 1.54) is 16.8 Å². The van der Waals surface area contributed by atoms with E-state index in [1.54, 1.807) is 13.3 Å². The van der Waals surface area contributed by atoms with Crippen molar-refractivity contribution >= 4 is 33.0 Å². The van der Waals surface area contributed by atoms with Crippen LogP contribution in [0, 0.1) is 5.41 Å². The third-order valence-electron chi connectivity index (χ3n) is 3.50. The Hall–Kier alpha value is -1.54. The molecule has 0 bridgehead atoms. The van der Waals surface area contributed by atoms with Crippen LogP contribution in [0.4, 0.5) is 0 Å². The fraction of sp³-hybridized carbons (Fsp3) is 0.385. The zero-order chi connectivity index (χ0) is 15.0. The number of hydrogen-bond donors (Lipinski definition) is 1. The minimum atomic E-state index is -3.00. The number of benzene rings is 1. The van der Waals surface area contributed by atoms with E-state index >= 15 is 0 Å². The van der Waals surface area contributed by atoms with Crippen molar-refractivity contribution in [1.82, 2.24) is 5.01 Å². The number of rotatable bonds is 3. The molecule has 2 saturated heterocycles. The van der Waals surface area contributed by atoms with Crippen LogP contribution in [0.1, 0.15) is 5.56 Å². The number of ether oxygens (including phenoxy) is 1. The van der Waals surface area contributed by atoms with Crippen LogP contribution < -0.4 is 4.74 Å². The van der Waals surface area contributed by atoms with Crippen molar-refractivity contribution in [3.8, 4) is 5.75 Å². The normalized spacial score (nSPS) is 27.3. The van der Waals surface area contributed by atoms with Crippen molar-refractivity contribution in [3.05, 3.63) is 29.8 Å². The van der Waals surface area contributed by atoms with Gasteiger partial charge in [-0.15, -0.1) is 0 Å². The summed E-state index contributed by atoms with van der Waals surface area (Å²) in [5.74, 6) is 0.977. The van der Waals surface area contributed by atoms with Gasteiger partial charge in [-0.3, -0.25) is 5.41 Å². The Morgan fingerprint density at radius 2 is 2.10 bits per heavy atom. The molecule has 0 amide bonds. The summed E-state index contributed by atoms with van der Waals surface area (Å²) in [5.41, 5.74) is 0.873. The van der Waals surface area contributed by atoms with Crippen molar-refractivity contribution in [3.63, 3.8) is 0 Å². The molecular weight excluding hydrogens is 310 g/mol. The minimum Gasteiger partial charge on any atom is -0.497 e. The summed E-state index contributed by atoms with van der Waals surface area (Å²) >= 11 is 1.28. The van der Waals surface area contributed by atoms with Crippen LogP contribution in [-0.4, -0.2) is 54.7 Å². The van der Waals surface area contributed by atoms with Gasteiger partial charge in [0.05, 0.1) is 30.9 Å². The van der Waals surface area contributed by atoms with Gasteiger partial charge in [-0.2, -0.15) is 5.10 Å². The van der Waals surface area contributed by atoms with E-state index in [2.05, 4.69) is 5.10 Å². The van der Waals surface area contributed by atoms with Crippen molar-refractivity contribution in [2.24, 2.45) is 5.10 Å². The van der Waals surface area contributed by atoms with Crippen LogP contribution in [0.2, 0.25) is 0 Å². The molecule has 1 aromatic carbocycles. The van der Waals surface area contributed by atoms with E-state index in [1.807, 2.05) is 24.3 Å². The zero-order valence-corrected chi connectivity index (χ0v) is 13.0. The van der Waals surface area contributed by atoms with Crippen LogP contribution >= 0.6 is 11.8 Å². The highest BCUT2D eigenvalue weighted by atomic mass is 32.2. The Morgan fingerprint density at radius 1 is 1.38 bits per heavy atom. The van der Waals surface area contributed by atoms with Crippen molar-refractivity contribution in [1.29, 1.82) is 5.41 Å². The third kappa shape index (κ3) is 2.91. The highest BCUT2D eigenvalue weighted by Crippen LogP contribution is 2.37. The average molecular weight is 325 g/mol. The molecule has 0 spiro atoms. The number of sulfone groups is 1. The van der Waals surface area contributed by atoms with E-state index in [9.17, 15) is 8.42 Å². The molecule has 112 valence electrons. The summed E-state index contributed by atoms with van der Waals surface area (Å²) in [7, 11) is -1.40. The predicted octanol–water partition coefficient (Wildman–Crippen LogP) is 1.18. The summed E-state index contributed by atoms with van der Waals surface area (Å²) in [5, 5.41) is 14.0. The molecule has 0 aromatic heterocycles. The van der Waals surface area contributed by atoms with Crippen LogP contribution in [-0.2, 0) is 9.84 Å². The van der Waals surface area contributed by atoms with Gasteiger partial charge in [-0.1, -0.05) is 11.8 Å². The van der Waals surface area contributed by atoms with Crippen molar-refractivity contribution in [2.45, 2.75) is 11.3 Å². The number of amidine groups is 1.